The SMILES string of the molecule is CCCS(=O)(=O)Nc1ccccc1CC. The first kappa shape index (κ1) is 12.0. The lowest BCUT2D eigenvalue weighted by molar-refractivity contribution is 0.600. The summed E-state index contributed by atoms with van der Waals surface area (Å²) in [5, 5.41) is 0. The van der Waals surface area contributed by atoms with Crippen molar-refractivity contribution in [2.75, 3.05) is 10.5 Å². The summed E-state index contributed by atoms with van der Waals surface area (Å²) >= 11 is 0. The average Bonchev–Trinajstić information content (AvgIpc) is 2.17. The number of aryl methyl sites for hydroxylation is 1. The molecular weight excluding hydrogens is 210 g/mol. The van der Waals surface area contributed by atoms with Gasteiger partial charge in [0, 0.05) is 0 Å². The molecule has 0 atom stereocenters. The lowest BCUT2D eigenvalue weighted by atomic mass is 10.1. The van der Waals surface area contributed by atoms with Gasteiger partial charge in [-0.05, 0) is 24.5 Å². The van der Waals surface area contributed by atoms with Crippen molar-refractivity contribution < 1.29 is 8.42 Å². The van der Waals surface area contributed by atoms with Gasteiger partial charge < -0.3 is 0 Å². The number of hydrogen-bond donors (Lipinski definition) is 1. The molecule has 0 fully saturated rings. The highest BCUT2D eigenvalue weighted by molar-refractivity contribution is 7.92. The molecule has 15 heavy (non-hydrogen) atoms. The maximum absolute atomic E-state index is 11.6. The number of para-hydroxylation sites is 1. The molecule has 0 aromatic heterocycles. The Morgan fingerprint density at radius 1 is 1.20 bits per heavy atom. The lowest BCUT2D eigenvalue weighted by Crippen LogP contribution is -2.17. The van der Waals surface area contributed by atoms with Crippen LogP contribution in [-0.4, -0.2) is 14.2 Å². The Labute approximate surface area is 91.6 Å². The Morgan fingerprint density at radius 3 is 2.47 bits per heavy atom. The maximum Gasteiger partial charge on any atom is 0.232 e. The first-order valence-electron chi connectivity index (χ1n) is 5.17. The van der Waals surface area contributed by atoms with Crippen LogP contribution in [0.3, 0.4) is 0 Å². The van der Waals surface area contributed by atoms with E-state index in [0.717, 1.165) is 12.0 Å². The molecular formula is C11H17NO2S. The Hall–Kier alpha value is -1.03. The van der Waals surface area contributed by atoms with Gasteiger partial charge in [-0.2, -0.15) is 0 Å². The van der Waals surface area contributed by atoms with Crippen molar-refractivity contribution in [3.63, 3.8) is 0 Å². The fourth-order valence-electron chi connectivity index (χ4n) is 1.42. The van der Waals surface area contributed by atoms with E-state index in [2.05, 4.69) is 4.72 Å². The highest BCUT2D eigenvalue weighted by Crippen LogP contribution is 2.17. The van der Waals surface area contributed by atoms with Crippen LogP contribution in [0.25, 0.3) is 0 Å². The largest absolute Gasteiger partial charge is 0.283 e. The van der Waals surface area contributed by atoms with Crippen molar-refractivity contribution in [3.8, 4) is 0 Å². The zero-order valence-electron chi connectivity index (χ0n) is 9.16. The number of rotatable bonds is 5. The third-order valence-corrected chi connectivity index (χ3v) is 3.61. The van der Waals surface area contributed by atoms with Crippen LogP contribution in [0, 0.1) is 0 Å². The minimum atomic E-state index is -3.17. The van der Waals surface area contributed by atoms with E-state index in [1.807, 2.05) is 32.0 Å². The van der Waals surface area contributed by atoms with Crippen LogP contribution in [0.1, 0.15) is 25.8 Å². The first-order chi connectivity index (χ1) is 7.09. The van der Waals surface area contributed by atoms with E-state index in [4.69, 9.17) is 0 Å². The zero-order chi connectivity index (χ0) is 11.3. The number of hydrogen-bond acceptors (Lipinski definition) is 2. The molecule has 0 aliphatic carbocycles. The first-order valence-corrected chi connectivity index (χ1v) is 6.82. The normalized spacial score (nSPS) is 11.3. The second-order valence-electron chi connectivity index (χ2n) is 3.43. The molecule has 1 aromatic carbocycles. The monoisotopic (exact) mass is 227 g/mol. The molecule has 0 aliphatic heterocycles. The van der Waals surface area contributed by atoms with Crippen molar-refractivity contribution >= 4 is 15.7 Å². The van der Waals surface area contributed by atoms with Gasteiger partial charge in [-0.3, -0.25) is 4.72 Å². The Balaban J connectivity index is 2.89. The number of benzene rings is 1. The molecule has 0 bridgehead atoms. The minimum absolute atomic E-state index is 0.172. The average molecular weight is 227 g/mol. The molecule has 0 spiro atoms. The van der Waals surface area contributed by atoms with Crippen LogP contribution < -0.4 is 4.72 Å². The summed E-state index contributed by atoms with van der Waals surface area (Å²) in [5.41, 5.74) is 1.73. The number of nitrogens with one attached hydrogen (secondary N) is 1. The molecule has 1 rings (SSSR count). The summed E-state index contributed by atoms with van der Waals surface area (Å²) in [6, 6.07) is 7.48. The summed E-state index contributed by atoms with van der Waals surface area (Å²) in [4.78, 5) is 0. The molecule has 0 saturated heterocycles. The van der Waals surface area contributed by atoms with Crippen LogP contribution >= 0.6 is 0 Å². The van der Waals surface area contributed by atoms with Crippen molar-refractivity contribution in [1.29, 1.82) is 0 Å². The van der Waals surface area contributed by atoms with Gasteiger partial charge >= 0.3 is 0 Å². The third-order valence-electron chi connectivity index (χ3n) is 2.14. The lowest BCUT2D eigenvalue weighted by Gasteiger charge is -2.10. The second-order valence-corrected chi connectivity index (χ2v) is 5.27. The van der Waals surface area contributed by atoms with E-state index in [9.17, 15) is 8.42 Å². The molecule has 1 N–H and O–H groups in total. The van der Waals surface area contributed by atoms with E-state index in [1.165, 1.54) is 0 Å². The van der Waals surface area contributed by atoms with Gasteiger partial charge in [-0.1, -0.05) is 32.0 Å². The van der Waals surface area contributed by atoms with E-state index in [1.54, 1.807) is 6.07 Å². The van der Waals surface area contributed by atoms with Gasteiger partial charge in [0.05, 0.1) is 11.4 Å². The van der Waals surface area contributed by atoms with Crippen LogP contribution in [0.15, 0.2) is 24.3 Å². The highest BCUT2D eigenvalue weighted by Gasteiger charge is 2.10. The zero-order valence-corrected chi connectivity index (χ0v) is 9.97. The predicted molar refractivity (Wildman–Crippen MR) is 63.5 cm³/mol. The molecule has 0 radical (unpaired) electrons. The summed E-state index contributed by atoms with van der Waals surface area (Å²) in [6.07, 6.45) is 1.45. The molecule has 4 heteroatoms. The smallest absolute Gasteiger partial charge is 0.232 e. The molecule has 1 aromatic rings. The molecule has 84 valence electrons. The minimum Gasteiger partial charge on any atom is -0.283 e. The van der Waals surface area contributed by atoms with Crippen LogP contribution in [0.4, 0.5) is 5.69 Å². The van der Waals surface area contributed by atoms with Gasteiger partial charge in [0.2, 0.25) is 10.0 Å². The number of sulfonamides is 1. The Morgan fingerprint density at radius 2 is 1.87 bits per heavy atom. The van der Waals surface area contributed by atoms with E-state index < -0.39 is 10.0 Å². The Kier molecular flexibility index (Phi) is 4.15. The molecule has 3 nitrogen and oxygen atoms in total. The number of anilines is 1. The fourth-order valence-corrected chi connectivity index (χ4v) is 2.59. The quantitative estimate of drug-likeness (QED) is 0.839. The summed E-state index contributed by atoms with van der Waals surface area (Å²) in [6.45, 7) is 3.86. The van der Waals surface area contributed by atoms with Crippen molar-refractivity contribution in [3.05, 3.63) is 29.8 Å². The van der Waals surface area contributed by atoms with Crippen molar-refractivity contribution in [1.82, 2.24) is 0 Å². The van der Waals surface area contributed by atoms with Crippen LogP contribution in [-0.2, 0) is 16.4 Å². The molecule has 0 amide bonds. The summed E-state index contributed by atoms with van der Waals surface area (Å²) in [7, 11) is -3.17. The molecule has 0 heterocycles. The topological polar surface area (TPSA) is 46.2 Å². The third kappa shape index (κ3) is 3.55. The van der Waals surface area contributed by atoms with Gasteiger partial charge in [0.25, 0.3) is 0 Å². The van der Waals surface area contributed by atoms with Crippen LogP contribution in [0.5, 0.6) is 0 Å². The highest BCUT2D eigenvalue weighted by atomic mass is 32.2. The van der Waals surface area contributed by atoms with Crippen molar-refractivity contribution in [2.45, 2.75) is 26.7 Å². The van der Waals surface area contributed by atoms with Crippen LogP contribution in [0.2, 0.25) is 0 Å². The van der Waals surface area contributed by atoms with Gasteiger partial charge in [-0.15, -0.1) is 0 Å². The Bertz CT molecular complexity index is 412. The predicted octanol–water partition coefficient (Wildman–Crippen LogP) is 2.40. The van der Waals surface area contributed by atoms with Gasteiger partial charge in [0.15, 0.2) is 0 Å². The van der Waals surface area contributed by atoms with Crippen molar-refractivity contribution in [2.24, 2.45) is 0 Å². The van der Waals surface area contributed by atoms with Gasteiger partial charge in [-0.25, -0.2) is 8.42 Å². The van der Waals surface area contributed by atoms with Gasteiger partial charge in [0.1, 0.15) is 0 Å². The van der Waals surface area contributed by atoms with E-state index in [0.29, 0.717) is 12.1 Å². The fraction of sp³-hybridized carbons (Fsp3) is 0.455. The maximum atomic E-state index is 11.6. The van der Waals surface area contributed by atoms with E-state index >= 15 is 0 Å². The molecule has 0 unspecified atom stereocenters. The van der Waals surface area contributed by atoms with E-state index in [-0.39, 0.29) is 5.75 Å². The second kappa shape index (κ2) is 5.16. The molecule has 0 saturated carbocycles. The summed E-state index contributed by atoms with van der Waals surface area (Å²) < 4.78 is 25.7. The summed E-state index contributed by atoms with van der Waals surface area (Å²) in [5.74, 6) is 0.172. The standard InChI is InChI=1S/C11H17NO2S/c1-3-9-15(13,14)12-11-8-6-5-7-10(11)4-2/h5-8,12H,3-4,9H2,1-2H3. The molecule has 0 aliphatic rings.